The zero-order valence-corrected chi connectivity index (χ0v) is 13.5. The smallest absolute Gasteiger partial charge is 0.315 e. The number of carbonyl (C=O) groups excluding carboxylic acids is 1. The van der Waals surface area contributed by atoms with Crippen LogP contribution in [-0.2, 0) is 6.54 Å². The molecule has 24 heavy (non-hydrogen) atoms. The Morgan fingerprint density at radius 1 is 1.29 bits per heavy atom. The Balaban J connectivity index is 1.87. The van der Waals surface area contributed by atoms with Crippen molar-refractivity contribution in [2.24, 2.45) is 0 Å². The van der Waals surface area contributed by atoms with Crippen LogP contribution in [-0.4, -0.2) is 22.7 Å². The number of halogens is 1. The van der Waals surface area contributed by atoms with E-state index in [1.54, 1.807) is 19.9 Å². The van der Waals surface area contributed by atoms with E-state index in [1.807, 2.05) is 6.07 Å². The standard InChI is InChI=1S/C17H20FN3O3/c1-10-6-11(2)21-16(23)14(10)8-19-17(24)20-9-15(22)12-4-3-5-13(18)7-12/h3-7,15,22H,8-9H2,1-2H3,(H,21,23)(H2,19,20,24)/t15-/m1/s1. The molecule has 2 aromatic rings. The molecule has 0 aliphatic heterocycles. The summed E-state index contributed by atoms with van der Waals surface area (Å²) in [6.07, 6.45) is -1.02. The zero-order valence-electron chi connectivity index (χ0n) is 13.5. The maximum Gasteiger partial charge on any atom is 0.315 e. The Morgan fingerprint density at radius 2 is 2.04 bits per heavy atom. The first-order valence-electron chi connectivity index (χ1n) is 7.51. The van der Waals surface area contributed by atoms with Gasteiger partial charge < -0.3 is 20.7 Å². The third kappa shape index (κ3) is 4.66. The predicted octanol–water partition coefficient (Wildman–Crippen LogP) is 1.66. The molecule has 0 saturated carbocycles. The van der Waals surface area contributed by atoms with Crippen LogP contribution in [0.25, 0.3) is 0 Å². The van der Waals surface area contributed by atoms with Crippen LogP contribution in [0.1, 0.15) is 28.5 Å². The van der Waals surface area contributed by atoms with Gasteiger partial charge in [-0.1, -0.05) is 12.1 Å². The number of aryl methyl sites for hydroxylation is 2. The first-order valence-corrected chi connectivity index (χ1v) is 7.51. The molecule has 6 nitrogen and oxygen atoms in total. The molecule has 4 N–H and O–H groups in total. The summed E-state index contributed by atoms with van der Waals surface area (Å²) in [6, 6.07) is 6.84. The molecule has 128 valence electrons. The monoisotopic (exact) mass is 333 g/mol. The van der Waals surface area contributed by atoms with E-state index in [-0.39, 0.29) is 18.6 Å². The Bertz CT molecular complexity index is 789. The number of H-pyrrole nitrogens is 1. The Morgan fingerprint density at radius 3 is 2.71 bits per heavy atom. The second-order valence-electron chi connectivity index (χ2n) is 5.58. The van der Waals surface area contributed by atoms with E-state index in [0.29, 0.717) is 11.1 Å². The number of aliphatic hydroxyl groups excluding tert-OH is 1. The number of urea groups is 1. The summed E-state index contributed by atoms with van der Waals surface area (Å²) in [7, 11) is 0. The van der Waals surface area contributed by atoms with E-state index in [0.717, 1.165) is 11.3 Å². The normalized spacial score (nSPS) is 11.8. The molecule has 1 aromatic heterocycles. The first kappa shape index (κ1) is 17.7. The molecule has 2 amide bonds. The van der Waals surface area contributed by atoms with Crippen molar-refractivity contribution in [3.05, 3.63) is 68.9 Å². The molecule has 2 rings (SSSR count). The largest absolute Gasteiger partial charge is 0.387 e. The van der Waals surface area contributed by atoms with Crippen molar-refractivity contribution in [2.45, 2.75) is 26.5 Å². The summed E-state index contributed by atoms with van der Waals surface area (Å²) in [5.41, 5.74) is 2.15. The van der Waals surface area contributed by atoms with Gasteiger partial charge in [0.05, 0.1) is 12.6 Å². The minimum absolute atomic E-state index is 0.0709. The second kappa shape index (κ2) is 7.74. The number of rotatable bonds is 5. The topological polar surface area (TPSA) is 94.2 Å². The van der Waals surface area contributed by atoms with Crippen LogP contribution >= 0.6 is 0 Å². The van der Waals surface area contributed by atoms with Crippen molar-refractivity contribution >= 4 is 6.03 Å². The number of carbonyl (C=O) groups is 1. The van der Waals surface area contributed by atoms with Crippen molar-refractivity contribution in [1.29, 1.82) is 0 Å². The summed E-state index contributed by atoms with van der Waals surface area (Å²) in [5.74, 6) is -0.454. The highest BCUT2D eigenvalue weighted by Gasteiger charge is 2.11. The average Bonchev–Trinajstić information content (AvgIpc) is 2.51. The zero-order chi connectivity index (χ0) is 17.7. The molecular formula is C17H20FN3O3. The molecule has 7 heteroatoms. The minimum atomic E-state index is -1.02. The highest BCUT2D eigenvalue weighted by molar-refractivity contribution is 5.73. The fraction of sp³-hybridized carbons (Fsp3) is 0.294. The average molecular weight is 333 g/mol. The van der Waals surface area contributed by atoms with Gasteiger partial charge in [-0.05, 0) is 43.2 Å². The lowest BCUT2D eigenvalue weighted by molar-refractivity contribution is 0.172. The third-order valence-electron chi connectivity index (χ3n) is 3.61. The molecule has 1 atom stereocenters. The lowest BCUT2D eigenvalue weighted by Crippen LogP contribution is -2.38. The summed E-state index contributed by atoms with van der Waals surface area (Å²) < 4.78 is 13.1. The Labute approximate surface area is 138 Å². The maximum atomic E-state index is 13.1. The minimum Gasteiger partial charge on any atom is -0.387 e. The third-order valence-corrected chi connectivity index (χ3v) is 3.61. The van der Waals surface area contributed by atoms with Gasteiger partial charge in [0.2, 0.25) is 0 Å². The molecule has 1 heterocycles. The SMILES string of the molecule is Cc1cc(C)c(CNC(=O)NC[C@@H](O)c2cccc(F)c2)c(=O)[nH]1. The van der Waals surface area contributed by atoms with Crippen LogP contribution in [0.15, 0.2) is 35.1 Å². The van der Waals surface area contributed by atoms with Gasteiger partial charge in [0.25, 0.3) is 5.56 Å². The molecule has 0 unspecified atom stereocenters. The van der Waals surface area contributed by atoms with Crippen molar-refractivity contribution < 1.29 is 14.3 Å². The molecule has 0 radical (unpaired) electrons. The molecule has 0 saturated heterocycles. The van der Waals surface area contributed by atoms with Crippen molar-refractivity contribution in [2.75, 3.05) is 6.54 Å². The summed E-state index contributed by atoms with van der Waals surface area (Å²) >= 11 is 0. The molecule has 0 bridgehead atoms. The molecule has 1 aromatic carbocycles. The van der Waals surface area contributed by atoms with Crippen molar-refractivity contribution in [1.82, 2.24) is 15.6 Å². The number of aromatic nitrogens is 1. The number of amides is 2. The quantitative estimate of drug-likeness (QED) is 0.670. The van der Waals surface area contributed by atoms with E-state index in [2.05, 4.69) is 15.6 Å². The number of aliphatic hydroxyl groups is 1. The van der Waals surface area contributed by atoms with Crippen LogP contribution in [0.2, 0.25) is 0 Å². The number of pyridine rings is 1. The van der Waals surface area contributed by atoms with Gasteiger partial charge in [0.15, 0.2) is 0 Å². The Hall–Kier alpha value is -2.67. The Kier molecular flexibility index (Phi) is 5.70. The van der Waals surface area contributed by atoms with Gasteiger partial charge >= 0.3 is 6.03 Å². The number of aromatic amines is 1. The second-order valence-corrected chi connectivity index (χ2v) is 5.58. The van der Waals surface area contributed by atoms with E-state index in [1.165, 1.54) is 18.2 Å². The van der Waals surface area contributed by atoms with Crippen LogP contribution < -0.4 is 16.2 Å². The number of hydrogen-bond acceptors (Lipinski definition) is 3. The number of benzene rings is 1. The van der Waals surface area contributed by atoms with Gasteiger partial charge in [-0.25, -0.2) is 9.18 Å². The number of hydrogen-bond donors (Lipinski definition) is 4. The maximum absolute atomic E-state index is 13.1. The van der Waals surface area contributed by atoms with Crippen molar-refractivity contribution in [3.63, 3.8) is 0 Å². The number of nitrogens with one attached hydrogen (secondary N) is 3. The molecule has 0 fully saturated rings. The predicted molar refractivity (Wildman–Crippen MR) is 88.1 cm³/mol. The van der Waals surface area contributed by atoms with Gasteiger partial charge in [0.1, 0.15) is 5.82 Å². The summed E-state index contributed by atoms with van der Waals surface area (Å²) in [4.78, 5) is 26.3. The molecule has 0 aliphatic rings. The highest BCUT2D eigenvalue weighted by atomic mass is 19.1. The summed E-state index contributed by atoms with van der Waals surface area (Å²) in [6.45, 7) is 3.58. The highest BCUT2D eigenvalue weighted by Crippen LogP contribution is 2.12. The van der Waals surface area contributed by atoms with Gasteiger partial charge in [0, 0.05) is 17.8 Å². The lowest BCUT2D eigenvalue weighted by Gasteiger charge is -2.13. The van der Waals surface area contributed by atoms with Crippen molar-refractivity contribution in [3.8, 4) is 0 Å². The fourth-order valence-electron chi connectivity index (χ4n) is 2.35. The first-order chi connectivity index (χ1) is 11.4. The van der Waals surface area contributed by atoms with Crippen LogP contribution in [0.5, 0.6) is 0 Å². The van der Waals surface area contributed by atoms with Gasteiger partial charge in [-0.2, -0.15) is 0 Å². The van der Waals surface area contributed by atoms with Crippen LogP contribution in [0.4, 0.5) is 9.18 Å². The van der Waals surface area contributed by atoms with E-state index in [9.17, 15) is 19.1 Å². The van der Waals surface area contributed by atoms with Crippen LogP contribution in [0, 0.1) is 19.7 Å². The van der Waals surface area contributed by atoms with Crippen LogP contribution in [0.3, 0.4) is 0 Å². The summed E-state index contributed by atoms with van der Waals surface area (Å²) in [5, 5.41) is 15.0. The van der Waals surface area contributed by atoms with Gasteiger partial charge in [-0.15, -0.1) is 0 Å². The van der Waals surface area contributed by atoms with E-state index in [4.69, 9.17) is 0 Å². The van der Waals surface area contributed by atoms with E-state index < -0.39 is 18.0 Å². The molecule has 0 aliphatic carbocycles. The fourth-order valence-corrected chi connectivity index (χ4v) is 2.35. The molecule has 0 spiro atoms. The van der Waals surface area contributed by atoms with Gasteiger partial charge in [-0.3, -0.25) is 4.79 Å². The lowest BCUT2D eigenvalue weighted by atomic mass is 10.1. The molecular weight excluding hydrogens is 313 g/mol. The van der Waals surface area contributed by atoms with E-state index >= 15 is 0 Å².